The molecule has 1 aromatic rings. The lowest BCUT2D eigenvalue weighted by Gasteiger charge is -2.15. The molecule has 0 amide bonds. The molecule has 14 heavy (non-hydrogen) atoms. The molecule has 0 aliphatic heterocycles. The van der Waals surface area contributed by atoms with Crippen molar-refractivity contribution in [3.8, 4) is 11.5 Å². The zero-order valence-electron chi connectivity index (χ0n) is 8.14. The van der Waals surface area contributed by atoms with Crippen molar-refractivity contribution in [3.63, 3.8) is 0 Å². The van der Waals surface area contributed by atoms with Gasteiger partial charge >= 0.3 is 0 Å². The van der Waals surface area contributed by atoms with E-state index in [1.165, 1.54) is 13.2 Å². The Morgan fingerprint density at radius 3 is 2.57 bits per heavy atom. The van der Waals surface area contributed by atoms with Gasteiger partial charge in [-0.3, -0.25) is 0 Å². The number of benzene rings is 1. The molecule has 2 N–H and O–H groups in total. The van der Waals surface area contributed by atoms with E-state index >= 15 is 0 Å². The smallest absolute Gasteiger partial charge is 0.160 e. The molecule has 3 nitrogen and oxygen atoms in total. The third kappa shape index (κ3) is 2.33. The van der Waals surface area contributed by atoms with Crippen molar-refractivity contribution in [1.29, 1.82) is 0 Å². The molecule has 2 unspecified atom stereocenters. The van der Waals surface area contributed by atoms with Crippen LogP contribution < -0.4 is 4.74 Å². The Labute approximate surface area is 88.7 Å². The van der Waals surface area contributed by atoms with Gasteiger partial charge in [-0.1, -0.05) is 13.0 Å². The minimum absolute atomic E-state index is 0.0651. The summed E-state index contributed by atoms with van der Waals surface area (Å²) in [7, 11) is 1.47. The van der Waals surface area contributed by atoms with Crippen LogP contribution in [0.4, 0.5) is 0 Å². The lowest BCUT2D eigenvalue weighted by atomic mass is 10.1. The fourth-order valence-corrected chi connectivity index (χ4v) is 1.33. The van der Waals surface area contributed by atoms with Crippen molar-refractivity contribution >= 4 is 12.6 Å². The fraction of sp³-hybridized carbons (Fsp3) is 0.400. The first-order valence-corrected chi connectivity index (χ1v) is 4.81. The highest BCUT2D eigenvalue weighted by Crippen LogP contribution is 2.30. The predicted molar refractivity (Wildman–Crippen MR) is 58.1 cm³/mol. The van der Waals surface area contributed by atoms with Gasteiger partial charge in [-0.05, 0) is 17.7 Å². The lowest BCUT2D eigenvalue weighted by Crippen LogP contribution is -2.08. The number of hydrogen-bond donors (Lipinski definition) is 3. The third-order valence-electron chi connectivity index (χ3n) is 2.00. The number of methoxy groups -OCH3 is 1. The first kappa shape index (κ1) is 11.2. The number of ether oxygens (including phenoxy) is 1. The van der Waals surface area contributed by atoms with Crippen molar-refractivity contribution in [2.75, 3.05) is 7.11 Å². The van der Waals surface area contributed by atoms with E-state index < -0.39 is 6.10 Å². The van der Waals surface area contributed by atoms with Crippen molar-refractivity contribution in [1.82, 2.24) is 0 Å². The number of thiol groups is 1. The SMILES string of the molecule is COc1cc(C(O)C(C)S)ccc1O. The highest BCUT2D eigenvalue weighted by Gasteiger charge is 2.14. The number of aliphatic hydroxyl groups is 1. The van der Waals surface area contributed by atoms with E-state index in [0.29, 0.717) is 11.3 Å². The number of hydrogen-bond acceptors (Lipinski definition) is 4. The molecule has 0 bridgehead atoms. The summed E-state index contributed by atoms with van der Waals surface area (Å²) in [5.41, 5.74) is 0.683. The minimum Gasteiger partial charge on any atom is -0.504 e. The quantitative estimate of drug-likeness (QED) is 0.672. The molecule has 78 valence electrons. The van der Waals surface area contributed by atoms with Crippen LogP contribution in [0, 0.1) is 0 Å². The second-order valence-electron chi connectivity index (χ2n) is 3.12. The third-order valence-corrected chi connectivity index (χ3v) is 2.28. The van der Waals surface area contributed by atoms with Gasteiger partial charge in [0.15, 0.2) is 11.5 Å². The molecule has 0 saturated heterocycles. The molecule has 0 aromatic heterocycles. The number of phenolic OH excluding ortho intramolecular Hbond substituents is 1. The van der Waals surface area contributed by atoms with Crippen LogP contribution in [-0.4, -0.2) is 22.6 Å². The molecule has 4 heteroatoms. The average molecular weight is 214 g/mol. The Hall–Kier alpha value is -0.870. The predicted octanol–water partition coefficient (Wildman–Crippen LogP) is 1.75. The van der Waals surface area contributed by atoms with Gasteiger partial charge in [-0.15, -0.1) is 0 Å². The van der Waals surface area contributed by atoms with Crippen LogP contribution in [0.15, 0.2) is 18.2 Å². The molecule has 0 spiro atoms. The zero-order valence-corrected chi connectivity index (χ0v) is 9.03. The van der Waals surface area contributed by atoms with Crippen LogP contribution in [0.3, 0.4) is 0 Å². The van der Waals surface area contributed by atoms with Crippen LogP contribution in [0.5, 0.6) is 11.5 Å². The second kappa shape index (κ2) is 4.57. The lowest BCUT2D eigenvalue weighted by molar-refractivity contribution is 0.179. The molecule has 0 saturated carbocycles. The molecule has 0 radical (unpaired) electrons. The van der Waals surface area contributed by atoms with Crippen LogP contribution in [-0.2, 0) is 0 Å². The summed E-state index contributed by atoms with van der Waals surface area (Å²) in [6, 6.07) is 4.75. The number of aromatic hydroxyl groups is 1. The summed E-state index contributed by atoms with van der Waals surface area (Å²) in [6.45, 7) is 1.80. The molecule has 0 aliphatic carbocycles. The highest BCUT2D eigenvalue weighted by atomic mass is 32.1. The van der Waals surface area contributed by atoms with Gasteiger partial charge in [0.1, 0.15) is 0 Å². The highest BCUT2D eigenvalue weighted by molar-refractivity contribution is 7.80. The molecule has 0 fully saturated rings. The molecular formula is C10H14O3S. The maximum atomic E-state index is 9.70. The van der Waals surface area contributed by atoms with Crippen LogP contribution in [0.1, 0.15) is 18.6 Å². The number of aliphatic hydroxyl groups excluding tert-OH is 1. The Morgan fingerprint density at radius 2 is 2.07 bits per heavy atom. The van der Waals surface area contributed by atoms with Crippen molar-refractivity contribution in [2.45, 2.75) is 18.3 Å². The summed E-state index contributed by atoms with van der Waals surface area (Å²) in [4.78, 5) is 0. The van der Waals surface area contributed by atoms with Gasteiger partial charge in [-0.25, -0.2) is 0 Å². The average Bonchev–Trinajstić information content (AvgIpc) is 2.17. The minimum atomic E-state index is -0.659. The van der Waals surface area contributed by atoms with Gasteiger partial charge in [0.25, 0.3) is 0 Å². The first-order chi connectivity index (χ1) is 6.56. The summed E-state index contributed by atoms with van der Waals surface area (Å²) >= 11 is 4.14. The Kier molecular flexibility index (Phi) is 3.66. The van der Waals surface area contributed by atoms with E-state index in [0.717, 1.165) is 0 Å². The van der Waals surface area contributed by atoms with Gasteiger partial charge in [0.05, 0.1) is 13.2 Å². The molecule has 0 aliphatic rings. The Bertz CT molecular complexity index is 312. The van der Waals surface area contributed by atoms with E-state index in [9.17, 15) is 10.2 Å². The largest absolute Gasteiger partial charge is 0.504 e. The van der Waals surface area contributed by atoms with E-state index in [4.69, 9.17) is 4.74 Å². The van der Waals surface area contributed by atoms with Gasteiger partial charge < -0.3 is 14.9 Å². The van der Waals surface area contributed by atoms with Crippen molar-refractivity contribution in [3.05, 3.63) is 23.8 Å². The monoisotopic (exact) mass is 214 g/mol. The number of phenols is 1. The topological polar surface area (TPSA) is 49.7 Å². The van der Waals surface area contributed by atoms with Gasteiger partial charge in [0.2, 0.25) is 0 Å². The molecule has 1 aromatic carbocycles. The molecule has 0 heterocycles. The summed E-state index contributed by atoms with van der Waals surface area (Å²) in [5.74, 6) is 0.422. The van der Waals surface area contributed by atoms with Gasteiger partial charge in [-0.2, -0.15) is 12.6 Å². The Morgan fingerprint density at radius 1 is 1.43 bits per heavy atom. The first-order valence-electron chi connectivity index (χ1n) is 4.29. The van der Waals surface area contributed by atoms with Crippen molar-refractivity contribution in [2.24, 2.45) is 0 Å². The normalized spacial score (nSPS) is 14.9. The standard InChI is InChI=1S/C10H14O3S/c1-6(14)10(12)7-3-4-8(11)9(5-7)13-2/h3-6,10-12,14H,1-2H3. The maximum absolute atomic E-state index is 9.70. The Balaban J connectivity index is 3.00. The molecule has 2 atom stereocenters. The van der Waals surface area contributed by atoms with Gasteiger partial charge in [0, 0.05) is 5.25 Å². The van der Waals surface area contributed by atoms with E-state index in [2.05, 4.69) is 12.6 Å². The molecular weight excluding hydrogens is 200 g/mol. The van der Waals surface area contributed by atoms with Crippen LogP contribution in [0.25, 0.3) is 0 Å². The van der Waals surface area contributed by atoms with Crippen LogP contribution >= 0.6 is 12.6 Å². The zero-order chi connectivity index (χ0) is 10.7. The maximum Gasteiger partial charge on any atom is 0.160 e. The molecule has 1 rings (SSSR count). The van der Waals surface area contributed by atoms with E-state index in [1.54, 1.807) is 19.1 Å². The van der Waals surface area contributed by atoms with Crippen molar-refractivity contribution < 1.29 is 14.9 Å². The summed E-state index contributed by atoms with van der Waals surface area (Å²) in [6.07, 6.45) is -0.659. The second-order valence-corrected chi connectivity index (χ2v) is 3.93. The summed E-state index contributed by atoms with van der Waals surface area (Å²) < 4.78 is 4.93. The fourth-order valence-electron chi connectivity index (χ4n) is 1.16. The van der Waals surface area contributed by atoms with Crippen LogP contribution in [0.2, 0.25) is 0 Å². The van der Waals surface area contributed by atoms with E-state index in [1.807, 2.05) is 0 Å². The van der Waals surface area contributed by atoms with E-state index in [-0.39, 0.29) is 11.0 Å². The number of rotatable bonds is 3. The summed E-state index contributed by atoms with van der Waals surface area (Å²) in [5, 5.41) is 18.9.